The number of halogens is 1. The van der Waals surface area contributed by atoms with Gasteiger partial charge in [0.25, 0.3) is 0 Å². The minimum absolute atomic E-state index is 0. The third kappa shape index (κ3) is 3.42. The van der Waals surface area contributed by atoms with Gasteiger partial charge in [0.2, 0.25) is 10.0 Å². The van der Waals surface area contributed by atoms with Crippen molar-refractivity contribution in [3.8, 4) is 0 Å². The second-order valence-electron chi connectivity index (χ2n) is 6.37. The number of pyridine rings is 1. The van der Waals surface area contributed by atoms with Gasteiger partial charge in [-0.15, -0.1) is 12.4 Å². The Bertz CT molecular complexity index is 820. The number of sulfonamides is 1. The molecule has 0 radical (unpaired) electrons. The molecule has 2 unspecified atom stereocenters. The van der Waals surface area contributed by atoms with Gasteiger partial charge in [-0.05, 0) is 38.8 Å². The number of nitrogens with one attached hydrogen (secondary N) is 1. The van der Waals surface area contributed by atoms with E-state index in [9.17, 15) is 8.42 Å². The lowest BCUT2D eigenvalue weighted by Gasteiger charge is -2.27. The molecule has 2 heterocycles. The van der Waals surface area contributed by atoms with E-state index in [1.54, 1.807) is 28.8 Å². The number of fused-ring (bicyclic) bond motifs is 1. The van der Waals surface area contributed by atoms with E-state index in [-0.39, 0.29) is 18.4 Å². The van der Waals surface area contributed by atoms with Crippen LogP contribution in [0.4, 0.5) is 0 Å². The molecule has 0 spiro atoms. The van der Waals surface area contributed by atoms with Crippen molar-refractivity contribution in [3.63, 3.8) is 0 Å². The molecule has 1 saturated heterocycles. The Labute approximate surface area is 149 Å². The number of benzene rings is 1. The zero-order chi connectivity index (χ0) is 16.6. The Morgan fingerprint density at radius 1 is 1.25 bits per heavy atom. The van der Waals surface area contributed by atoms with E-state index in [1.165, 1.54) is 0 Å². The molecular weight excluding hydrogens is 346 g/mol. The summed E-state index contributed by atoms with van der Waals surface area (Å²) in [4.78, 5) is 4.56. The summed E-state index contributed by atoms with van der Waals surface area (Å²) in [6, 6.07) is 5.70. The molecular formula is C17H24ClN3O2S. The van der Waals surface area contributed by atoms with E-state index in [0.29, 0.717) is 24.0 Å². The fourth-order valence-corrected chi connectivity index (χ4v) is 5.36. The maximum Gasteiger partial charge on any atom is 0.243 e. The summed E-state index contributed by atoms with van der Waals surface area (Å²) in [6.45, 7) is 7.16. The lowest BCUT2D eigenvalue weighted by Crippen LogP contribution is -2.39. The van der Waals surface area contributed by atoms with Gasteiger partial charge >= 0.3 is 0 Å². The number of aromatic nitrogens is 1. The topological polar surface area (TPSA) is 62.3 Å². The van der Waals surface area contributed by atoms with Gasteiger partial charge in [-0.2, -0.15) is 4.31 Å². The Balaban J connectivity index is 0.00000208. The van der Waals surface area contributed by atoms with Crippen LogP contribution in [0.5, 0.6) is 0 Å². The van der Waals surface area contributed by atoms with Gasteiger partial charge in [0.1, 0.15) is 0 Å². The molecule has 0 aliphatic carbocycles. The monoisotopic (exact) mass is 369 g/mol. The first-order valence-corrected chi connectivity index (χ1v) is 9.44. The predicted octanol–water partition coefficient (Wildman–Crippen LogP) is 2.73. The van der Waals surface area contributed by atoms with Crippen molar-refractivity contribution in [2.75, 3.05) is 13.1 Å². The van der Waals surface area contributed by atoms with Crippen LogP contribution in [-0.4, -0.2) is 42.9 Å². The van der Waals surface area contributed by atoms with Gasteiger partial charge in [0.05, 0.1) is 4.90 Å². The highest BCUT2D eigenvalue weighted by Crippen LogP contribution is 2.29. The molecule has 0 saturated carbocycles. The molecule has 1 N–H and O–H groups in total. The van der Waals surface area contributed by atoms with Crippen molar-refractivity contribution in [2.24, 2.45) is 0 Å². The summed E-state index contributed by atoms with van der Waals surface area (Å²) < 4.78 is 28.2. The highest BCUT2D eigenvalue weighted by atomic mass is 35.5. The average molecular weight is 370 g/mol. The molecule has 1 aromatic heterocycles. The van der Waals surface area contributed by atoms with Gasteiger partial charge in [-0.25, -0.2) is 8.42 Å². The molecule has 7 heteroatoms. The first kappa shape index (κ1) is 19.1. The van der Waals surface area contributed by atoms with Gasteiger partial charge in [0, 0.05) is 48.3 Å². The second-order valence-corrected chi connectivity index (χ2v) is 8.23. The highest BCUT2D eigenvalue weighted by Gasteiger charge is 2.32. The minimum Gasteiger partial charge on any atom is -0.313 e. The van der Waals surface area contributed by atoms with Crippen molar-refractivity contribution in [1.82, 2.24) is 14.6 Å². The van der Waals surface area contributed by atoms with Crippen LogP contribution in [0.2, 0.25) is 0 Å². The Morgan fingerprint density at radius 3 is 2.75 bits per heavy atom. The largest absolute Gasteiger partial charge is 0.313 e. The molecule has 1 aliphatic heterocycles. The average Bonchev–Trinajstić information content (AvgIpc) is 2.67. The predicted molar refractivity (Wildman–Crippen MR) is 99.2 cm³/mol. The smallest absolute Gasteiger partial charge is 0.243 e. The van der Waals surface area contributed by atoms with Crippen molar-refractivity contribution >= 4 is 33.2 Å². The van der Waals surface area contributed by atoms with Crippen LogP contribution in [0.1, 0.15) is 25.8 Å². The standard InChI is InChI=1S/C17H23N3O2S.ClH/c1-12-10-18-11-15-5-4-6-16(17(12)15)23(21,22)20-8-7-19-13(2)9-14(20)3;/h4-6,10-11,13-14,19H,7-9H2,1-3H3;1H. The molecule has 5 nitrogen and oxygen atoms in total. The number of aryl methyl sites for hydroxylation is 1. The van der Waals surface area contributed by atoms with E-state index >= 15 is 0 Å². The highest BCUT2D eigenvalue weighted by molar-refractivity contribution is 7.89. The van der Waals surface area contributed by atoms with Gasteiger partial charge in [-0.1, -0.05) is 12.1 Å². The number of nitrogens with zero attached hydrogens (tertiary/aromatic N) is 2. The summed E-state index contributed by atoms with van der Waals surface area (Å²) in [6.07, 6.45) is 4.25. The molecule has 1 aliphatic rings. The van der Waals surface area contributed by atoms with Crippen LogP contribution in [0, 0.1) is 6.92 Å². The van der Waals surface area contributed by atoms with Crippen LogP contribution in [0.3, 0.4) is 0 Å². The van der Waals surface area contributed by atoms with E-state index in [4.69, 9.17) is 0 Å². The van der Waals surface area contributed by atoms with Crippen LogP contribution in [0.25, 0.3) is 10.8 Å². The van der Waals surface area contributed by atoms with Crippen molar-refractivity contribution in [2.45, 2.75) is 44.2 Å². The summed E-state index contributed by atoms with van der Waals surface area (Å²) in [5, 5.41) is 5.00. The quantitative estimate of drug-likeness (QED) is 0.884. The molecule has 0 amide bonds. The SMILES string of the molecule is Cc1cncc2cccc(S(=O)(=O)N3CCNC(C)CC3C)c12.Cl. The summed E-state index contributed by atoms with van der Waals surface area (Å²) in [7, 11) is -3.54. The van der Waals surface area contributed by atoms with Crippen LogP contribution >= 0.6 is 12.4 Å². The second kappa shape index (κ2) is 7.35. The molecule has 1 fully saturated rings. The lowest BCUT2D eigenvalue weighted by atomic mass is 10.1. The Morgan fingerprint density at radius 2 is 2.00 bits per heavy atom. The van der Waals surface area contributed by atoms with E-state index in [1.807, 2.05) is 19.9 Å². The van der Waals surface area contributed by atoms with E-state index in [0.717, 1.165) is 22.8 Å². The first-order chi connectivity index (χ1) is 10.9. The fraction of sp³-hybridized carbons (Fsp3) is 0.471. The Kier molecular flexibility index (Phi) is 5.86. The molecule has 2 aromatic rings. The molecule has 24 heavy (non-hydrogen) atoms. The summed E-state index contributed by atoms with van der Waals surface area (Å²) in [5.74, 6) is 0. The van der Waals surface area contributed by atoms with Crippen molar-refractivity contribution < 1.29 is 8.42 Å². The fourth-order valence-electron chi connectivity index (χ4n) is 3.42. The normalized spacial score (nSPS) is 22.8. The lowest BCUT2D eigenvalue weighted by molar-refractivity contribution is 0.342. The minimum atomic E-state index is -3.54. The molecule has 1 aromatic carbocycles. The Hall–Kier alpha value is -1.21. The van der Waals surface area contributed by atoms with Crippen LogP contribution in [0.15, 0.2) is 35.5 Å². The number of hydrogen-bond acceptors (Lipinski definition) is 4. The van der Waals surface area contributed by atoms with Crippen molar-refractivity contribution in [3.05, 3.63) is 36.2 Å². The summed E-state index contributed by atoms with van der Waals surface area (Å²) in [5.41, 5.74) is 0.885. The first-order valence-electron chi connectivity index (χ1n) is 8.00. The third-order valence-electron chi connectivity index (χ3n) is 4.53. The van der Waals surface area contributed by atoms with Crippen LogP contribution < -0.4 is 5.32 Å². The van der Waals surface area contributed by atoms with Crippen molar-refractivity contribution in [1.29, 1.82) is 0 Å². The zero-order valence-corrected chi connectivity index (χ0v) is 15.8. The number of hydrogen-bond donors (Lipinski definition) is 1. The molecule has 2 atom stereocenters. The maximum atomic E-state index is 13.3. The molecule has 132 valence electrons. The number of rotatable bonds is 2. The molecule has 3 rings (SSSR count). The molecule has 0 bridgehead atoms. The van der Waals surface area contributed by atoms with Gasteiger partial charge < -0.3 is 5.32 Å². The maximum absolute atomic E-state index is 13.3. The van der Waals surface area contributed by atoms with E-state index in [2.05, 4.69) is 17.2 Å². The third-order valence-corrected chi connectivity index (χ3v) is 6.59. The van der Waals surface area contributed by atoms with Gasteiger partial charge in [-0.3, -0.25) is 4.98 Å². The van der Waals surface area contributed by atoms with E-state index < -0.39 is 10.0 Å². The van der Waals surface area contributed by atoms with Gasteiger partial charge in [0.15, 0.2) is 0 Å². The zero-order valence-electron chi connectivity index (χ0n) is 14.2. The van der Waals surface area contributed by atoms with Crippen LogP contribution in [-0.2, 0) is 10.0 Å². The summed E-state index contributed by atoms with van der Waals surface area (Å²) >= 11 is 0.